The van der Waals surface area contributed by atoms with E-state index in [0.29, 0.717) is 18.2 Å². The van der Waals surface area contributed by atoms with Gasteiger partial charge in [0.15, 0.2) is 0 Å². The van der Waals surface area contributed by atoms with Crippen LogP contribution in [-0.2, 0) is 11.3 Å². The zero-order valence-electron chi connectivity index (χ0n) is 15.6. The largest absolute Gasteiger partial charge is 0.324 e. The molecule has 0 radical (unpaired) electrons. The van der Waals surface area contributed by atoms with Crippen LogP contribution < -0.4 is 5.32 Å². The Bertz CT molecular complexity index is 954. The summed E-state index contributed by atoms with van der Waals surface area (Å²) in [5.41, 5.74) is 3.47. The van der Waals surface area contributed by atoms with Gasteiger partial charge >= 0.3 is 0 Å². The number of halogens is 1. The summed E-state index contributed by atoms with van der Waals surface area (Å²) in [7, 11) is 0. The van der Waals surface area contributed by atoms with Crippen LogP contribution in [0.25, 0.3) is 11.1 Å². The van der Waals surface area contributed by atoms with Gasteiger partial charge < -0.3 is 5.32 Å². The van der Waals surface area contributed by atoms with E-state index in [4.69, 9.17) is 0 Å². The quantitative estimate of drug-likeness (QED) is 0.624. The normalized spacial score (nSPS) is 13.5. The van der Waals surface area contributed by atoms with Gasteiger partial charge in [0.1, 0.15) is 5.82 Å². The number of rotatable bonds is 7. The average Bonchev–Trinajstić information content (AvgIpc) is 3.55. The molecule has 0 aromatic heterocycles. The number of benzene rings is 3. The number of carbonyl (C=O) groups excluding carboxylic acids is 1. The highest BCUT2D eigenvalue weighted by molar-refractivity contribution is 5.96. The van der Waals surface area contributed by atoms with Crippen LogP contribution in [0, 0.1) is 5.82 Å². The molecule has 0 unspecified atom stereocenters. The van der Waals surface area contributed by atoms with Crippen molar-refractivity contribution in [1.82, 2.24) is 4.90 Å². The minimum atomic E-state index is -0.219. The molecule has 4 heteroatoms. The number of nitrogens with one attached hydrogen (secondary N) is 1. The molecule has 0 bridgehead atoms. The third kappa shape index (κ3) is 4.46. The molecular weight excluding hydrogens is 351 g/mol. The van der Waals surface area contributed by atoms with Gasteiger partial charge in [0.2, 0.25) is 5.91 Å². The van der Waals surface area contributed by atoms with E-state index in [1.54, 1.807) is 12.1 Å². The van der Waals surface area contributed by atoms with Crippen LogP contribution >= 0.6 is 0 Å². The number of nitrogens with zero attached hydrogens (tertiary/aromatic N) is 1. The summed E-state index contributed by atoms with van der Waals surface area (Å²) >= 11 is 0. The third-order valence-electron chi connectivity index (χ3n) is 5.03. The fraction of sp³-hybridized carbons (Fsp3) is 0.208. The van der Waals surface area contributed by atoms with E-state index in [1.165, 1.54) is 6.07 Å². The van der Waals surface area contributed by atoms with Crippen molar-refractivity contribution in [3.05, 3.63) is 90.2 Å². The summed E-state index contributed by atoms with van der Waals surface area (Å²) in [5.74, 6) is -0.297. The molecule has 1 amide bonds. The number of hydrogen-bond donors (Lipinski definition) is 1. The lowest BCUT2D eigenvalue weighted by atomic mass is 10.0. The highest BCUT2D eigenvalue weighted by Gasteiger charge is 2.30. The Kier molecular flexibility index (Phi) is 5.49. The van der Waals surface area contributed by atoms with Crippen molar-refractivity contribution in [1.29, 1.82) is 0 Å². The van der Waals surface area contributed by atoms with Crippen molar-refractivity contribution in [3.8, 4) is 11.1 Å². The van der Waals surface area contributed by atoms with Gasteiger partial charge in [0.05, 0.1) is 6.54 Å². The van der Waals surface area contributed by atoms with Crippen LogP contribution in [0.5, 0.6) is 0 Å². The molecule has 1 aliphatic carbocycles. The summed E-state index contributed by atoms with van der Waals surface area (Å²) in [4.78, 5) is 14.8. The molecule has 1 saturated carbocycles. The standard InChI is InChI=1S/C24H23FN2O/c25-22-12-6-4-10-19(22)16-27(20-14-15-20)17-24(28)26-23-13-7-5-11-21(23)18-8-2-1-3-9-18/h1-13,20H,14-17H2,(H,26,28). The lowest BCUT2D eigenvalue weighted by Crippen LogP contribution is -2.34. The van der Waals surface area contributed by atoms with Crippen LogP contribution in [0.15, 0.2) is 78.9 Å². The first-order valence-electron chi connectivity index (χ1n) is 9.62. The minimum Gasteiger partial charge on any atom is -0.324 e. The Morgan fingerprint density at radius 2 is 1.61 bits per heavy atom. The fourth-order valence-corrected chi connectivity index (χ4v) is 3.43. The second kappa shape index (κ2) is 8.36. The van der Waals surface area contributed by atoms with Gasteiger partial charge in [-0.25, -0.2) is 4.39 Å². The first kappa shape index (κ1) is 18.4. The first-order valence-corrected chi connectivity index (χ1v) is 9.62. The molecule has 1 fully saturated rings. The summed E-state index contributed by atoms with van der Waals surface area (Å²) in [5, 5.41) is 3.05. The van der Waals surface area contributed by atoms with E-state index >= 15 is 0 Å². The lowest BCUT2D eigenvalue weighted by molar-refractivity contribution is -0.117. The third-order valence-corrected chi connectivity index (χ3v) is 5.03. The van der Waals surface area contributed by atoms with Crippen LogP contribution in [0.1, 0.15) is 18.4 Å². The maximum Gasteiger partial charge on any atom is 0.238 e. The molecule has 3 aromatic carbocycles. The smallest absolute Gasteiger partial charge is 0.238 e. The molecule has 1 aliphatic rings. The molecule has 0 aliphatic heterocycles. The highest BCUT2D eigenvalue weighted by atomic mass is 19.1. The second-order valence-corrected chi connectivity index (χ2v) is 7.19. The zero-order chi connectivity index (χ0) is 19.3. The molecule has 3 aromatic rings. The number of carbonyl (C=O) groups is 1. The maximum absolute atomic E-state index is 14.0. The van der Waals surface area contributed by atoms with Gasteiger partial charge in [-0.3, -0.25) is 9.69 Å². The van der Waals surface area contributed by atoms with E-state index < -0.39 is 0 Å². The molecule has 0 atom stereocenters. The fourth-order valence-electron chi connectivity index (χ4n) is 3.43. The van der Waals surface area contributed by atoms with Crippen LogP contribution in [0.4, 0.5) is 10.1 Å². The van der Waals surface area contributed by atoms with Gasteiger partial charge in [0, 0.05) is 29.4 Å². The molecule has 0 spiro atoms. The molecule has 142 valence electrons. The Morgan fingerprint density at radius 1 is 0.929 bits per heavy atom. The first-order chi connectivity index (χ1) is 13.7. The zero-order valence-corrected chi connectivity index (χ0v) is 15.6. The van der Waals surface area contributed by atoms with Crippen molar-refractivity contribution < 1.29 is 9.18 Å². The number of amides is 1. The Labute approximate surface area is 164 Å². The monoisotopic (exact) mass is 374 g/mol. The second-order valence-electron chi connectivity index (χ2n) is 7.19. The van der Waals surface area contributed by atoms with Crippen molar-refractivity contribution in [2.45, 2.75) is 25.4 Å². The molecule has 3 nitrogen and oxygen atoms in total. The van der Waals surface area contributed by atoms with E-state index in [2.05, 4.69) is 10.2 Å². The van der Waals surface area contributed by atoms with Gasteiger partial charge in [-0.2, -0.15) is 0 Å². The van der Waals surface area contributed by atoms with Crippen molar-refractivity contribution in [3.63, 3.8) is 0 Å². The predicted molar refractivity (Wildman–Crippen MR) is 110 cm³/mol. The Balaban J connectivity index is 1.47. The van der Waals surface area contributed by atoms with Crippen molar-refractivity contribution in [2.75, 3.05) is 11.9 Å². The van der Waals surface area contributed by atoms with Gasteiger partial charge in [-0.15, -0.1) is 0 Å². The van der Waals surface area contributed by atoms with E-state index in [9.17, 15) is 9.18 Å². The molecular formula is C24H23FN2O. The molecule has 1 N–H and O–H groups in total. The average molecular weight is 374 g/mol. The van der Waals surface area contributed by atoms with Crippen LogP contribution in [0.3, 0.4) is 0 Å². The van der Waals surface area contributed by atoms with Gasteiger partial charge in [-0.05, 0) is 30.5 Å². The molecule has 28 heavy (non-hydrogen) atoms. The number of anilines is 1. The summed E-state index contributed by atoms with van der Waals surface area (Å²) in [6.45, 7) is 0.702. The molecule has 0 heterocycles. The van der Waals surface area contributed by atoms with Crippen molar-refractivity contribution >= 4 is 11.6 Å². The summed E-state index contributed by atoms with van der Waals surface area (Å²) in [6, 6.07) is 24.9. The van der Waals surface area contributed by atoms with E-state index in [0.717, 1.165) is 29.7 Å². The van der Waals surface area contributed by atoms with E-state index in [-0.39, 0.29) is 18.3 Å². The maximum atomic E-state index is 14.0. The minimum absolute atomic E-state index is 0.0772. The van der Waals surface area contributed by atoms with Crippen LogP contribution in [-0.4, -0.2) is 23.4 Å². The summed E-state index contributed by atoms with van der Waals surface area (Å²) in [6.07, 6.45) is 2.12. The molecule has 4 rings (SSSR count). The van der Waals surface area contributed by atoms with Gasteiger partial charge in [0.25, 0.3) is 0 Å². The Morgan fingerprint density at radius 3 is 2.36 bits per heavy atom. The highest BCUT2D eigenvalue weighted by Crippen LogP contribution is 2.30. The molecule has 0 saturated heterocycles. The summed E-state index contributed by atoms with van der Waals surface area (Å²) < 4.78 is 14.0. The lowest BCUT2D eigenvalue weighted by Gasteiger charge is -2.22. The Hall–Kier alpha value is -2.98. The number of hydrogen-bond acceptors (Lipinski definition) is 2. The SMILES string of the molecule is O=C(CN(Cc1ccccc1F)C1CC1)Nc1ccccc1-c1ccccc1. The predicted octanol–water partition coefficient (Wildman–Crippen LogP) is 5.10. The number of para-hydroxylation sites is 1. The van der Waals surface area contributed by atoms with Gasteiger partial charge in [-0.1, -0.05) is 66.7 Å². The van der Waals surface area contributed by atoms with Crippen LogP contribution in [0.2, 0.25) is 0 Å². The van der Waals surface area contributed by atoms with Crippen molar-refractivity contribution in [2.24, 2.45) is 0 Å². The van der Waals surface area contributed by atoms with E-state index in [1.807, 2.05) is 60.7 Å². The topological polar surface area (TPSA) is 32.3 Å².